The molecule has 0 fully saturated rings. The van der Waals surface area contributed by atoms with Crippen molar-refractivity contribution in [3.05, 3.63) is 109 Å². The molecule has 4 rings (SSSR count). The molecule has 1 aliphatic heterocycles. The Labute approximate surface area is 243 Å². The molecule has 1 aliphatic rings. The molecule has 0 saturated heterocycles. The maximum atomic E-state index is 13.2. The van der Waals surface area contributed by atoms with Gasteiger partial charge in [-0.3, -0.25) is 4.79 Å². The number of nitrogens with zero attached hydrogens (tertiary/aromatic N) is 1. The lowest BCUT2D eigenvalue weighted by Gasteiger charge is -2.13. The zero-order chi connectivity index (χ0) is 28.8. The van der Waals surface area contributed by atoms with Gasteiger partial charge in [0, 0.05) is 10.0 Å². The number of carbonyl (C=O) groups excluding carboxylic acids is 2. The third kappa shape index (κ3) is 6.81. The lowest BCUT2D eigenvalue weighted by atomic mass is 10.1. The van der Waals surface area contributed by atoms with E-state index in [4.69, 9.17) is 14.2 Å². The van der Waals surface area contributed by atoms with Crippen molar-refractivity contribution in [2.24, 2.45) is 4.99 Å². The Bertz CT molecular complexity index is 1530. The van der Waals surface area contributed by atoms with Gasteiger partial charge in [0.25, 0.3) is 5.91 Å². The van der Waals surface area contributed by atoms with Crippen molar-refractivity contribution in [2.75, 3.05) is 13.7 Å². The summed E-state index contributed by atoms with van der Waals surface area (Å²) >= 11 is 4.50. The second kappa shape index (κ2) is 13.0. The molecule has 3 aromatic rings. The first kappa shape index (κ1) is 29.1. The monoisotopic (exact) mass is 625 g/mol. The van der Waals surface area contributed by atoms with Gasteiger partial charge in [0.15, 0.2) is 11.5 Å². The van der Waals surface area contributed by atoms with Crippen LogP contribution in [0.15, 0.2) is 86.4 Å². The second-order valence-electron chi connectivity index (χ2n) is 8.58. The largest absolute Gasteiger partial charge is 0.506 e. The fourth-order valence-electron chi connectivity index (χ4n) is 3.66. The van der Waals surface area contributed by atoms with Crippen LogP contribution in [0.1, 0.15) is 34.0 Å². The molecular formula is C30H25BrFNO6S. The molecule has 3 aromatic carbocycles. The van der Waals surface area contributed by atoms with Crippen LogP contribution >= 0.6 is 27.7 Å². The maximum absolute atomic E-state index is 13.2. The maximum Gasteiger partial charge on any atom is 0.344 e. The molecule has 0 radical (unpaired) electrons. The fourth-order valence-corrected chi connectivity index (χ4v) is 5.10. The van der Waals surface area contributed by atoms with Gasteiger partial charge in [-0.15, -0.1) is 0 Å². The molecule has 0 aliphatic carbocycles. The van der Waals surface area contributed by atoms with Gasteiger partial charge in [0.05, 0.1) is 18.6 Å². The Hall–Kier alpha value is -3.89. The summed E-state index contributed by atoms with van der Waals surface area (Å²) in [6, 6.07) is 16.3. The Morgan fingerprint density at radius 2 is 1.77 bits per heavy atom. The third-order valence-electron chi connectivity index (χ3n) is 5.75. The summed E-state index contributed by atoms with van der Waals surface area (Å²) in [5.74, 6) is -1.16. The third-order valence-corrected chi connectivity index (χ3v) is 7.46. The van der Waals surface area contributed by atoms with Crippen LogP contribution in [0.25, 0.3) is 6.08 Å². The lowest BCUT2D eigenvalue weighted by Crippen LogP contribution is -2.14. The van der Waals surface area contributed by atoms with Crippen molar-refractivity contribution < 1.29 is 33.3 Å². The van der Waals surface area contributed by atoms with Gasteiger partial charge in [-0.1, -0.05) is 57.5 Å². The van der Waals surface area contributed by atoms with Crippen molar-refractivity contribution in [1.82, 2.24) is 0 Å². The summed E-state index contributed by atoms with van der Waals surface area (Å²) in [5, 5.41) is 11.0. The molecule has 0 bridgehead atoms. The molecule has 206 valence electrons. The van der Waals surface area contributed by atoms with Gasteiger partial charge in [-0.25, -0.2) is 14.2 Å². The van der Waals surface area contributed by atoms with E-state index in [1.54, 1.807) is 61.5 Å². The molecule has 10 heteroatoms. The molecule has 1 N–H and O–H groups in total. The first-order valence-electron chi connectivity index (χ1n) is 12.1. The topological polar surface area (TPSA) is 94.4 Å². The van der Waals surface area contributed by atoms with Gasteiger partial charge in [0.1, 0.15) is 28.8 Å². The highest BCUT2D eigenvalue weighted by molar-refractivity contribution is 9.10. The van der Waals surface area contributed by atoms with Crippen molar-refractivity contribution in [3.8, 4) is 11.5 Å². The van der Waals surface area contributed by atoms with Crippen LogP contribution in [0.2, 0.25) is 0 Å². The fraction of sp³-hybridized carbons (Fsp3) is 0.167. The van der Waals surface area contributed by atoms with Crippen LogP contribution in [0.4, 0.5) is 4.39 Å². The number of aryl methyl sites for hydroxylation is 1. The van der Waals surface area contributed by atoms with E-state index in [0.717, 1.165) is 22.9 Å². The van der Waals surface area contributed by atoms with E-state index in [0.29, 0.717) is 32.0 Å². The zero-order valence-electron chi connectivity index (χ0n) is 21.9. The molecule has 0 aromatic heterocycles. The van der Waals surface area contributed by atoms with Crippen molar-refractivity contribution >= 4 is 50.7 Å². The highest BCUT2D eigenvalue weighted by Crippen LogP contribution is 2.42. The normalized spacial score (nSPS) is 15.0. The number of hydrogen-bond donors (Lipinski definition) is 1. The quantitative estimate of drug-likeness (QED) is 0.265. The number of carbonyl (C=O) groups is 2. The molecule has 0 spiro atoms. The predicted octanol–water partition coefficient (Wildman–Crippen LogP) is 7.19. The number of amides is 1. The molecule has 1 amide bonds. The van der Waals surface area contributed by atoms with Gasteiger partial charge in [0.2, 0.25) is 0 Å². The Morgan fingerprint density at radius 3 is 2.42 bits per heavy atom. The van der Waals surface area contributed by atoms with Crippen LogP contribution in [0.3, 0.4) is 0 Å². The summed E-state index contributed by atoms with van der Waals surface area (Å²) in [6.07, 6.45) is 1.63. The van der Waals surface area contributed by atoms with E-state index < -0.39 is 11.9 Å². The number of aliphatic imine (C=N–C) groups is 1. The van der Waals surface area contributed by atoms with Gasteiger partial charge < -0.3 is 19.3 Å². The molecule has 0 unspecified atom stereocenters. The Balaban J connectivity index is 1.65. The number of aliphatic hydroxyl groups excluding tert-OH is 1. The van der Waals surface area contributed by atoms with E-state index in [2.05, 4.69) is 20.9 Å². The first-order valence-corrected chi connectivity index (χ1v) is 13.8. The van der Waals surface area contributed by atoms with Gasteiger partial charge in [-0.05, 0) is 67.4 Å². The number of benzene rings is 3. The minimum atomic E-state index is -0.785. The van der Waals surface area contributed by atoms with Gasteiger partial charge >= 0.3 is 5.97 Å². The number of aliphatic hydroxyl groups is 1. The predicted molar refractivity (Wildman–Crippen MR) is 156 cm³/mol. The average Bonchev–Trinajstić information content (AvgIpc) is 3.24. The van der Waals surface area contributed by atoms with Gasteiger partial charge in [-0.2, -0.15) is 0 Å². The lowest BCUT2D eigenvalue weighted by molar-refractivity contribution is -0.138. The first-order chi connectivity index (χ1) is 19.2. The molecule has 0 saturated carbocycles. The van der Waals surface area contributed by atoms with Crippen LogP contribution in [-0.4, -0.2) is 35.7 Å². The van der Waals surface area contributed by atoms with E-state index in [9.17, 15) is 19.1 Å². The van der Waals surface area contributed by atoms with Crippen molar-refractivity contribution in [3.63, 3.8) is 0 Å². The molecule has 1 heterocycles. The molecule has 0 atom stereocenters. The van der Waals surface area contributed by atoms with Crippen LogP contribution in [0.5, 0.6) is 11.5 Å². The minimum absolute atomic E-state index is 0.0371. The number of thioether (sulfide) groups is 1. The molecular weight excluding hydrogens is 601 g/mol. The standard InChI is InChI=1S/C30H25BrFNO6S/c1-4-38-30(36)26-27(34)25(40-29(26)33-28(35)19-9-5-17(2)6-10-19)14-20-13-23(37-3)24(15-22(20)31)39-16-18-7-11-21(32)12-8-18/h5-15,34H,4,16H2,1-3H3/b25-14-,33-29?. The number of methoxy groups -OCH3 is 1. The number of rotatable bonds is 8. The second-order valence-corrected chi connectivity index (χ2v) is 10.5. The van der Waals surface area contributed by atoms with Crippen molar-refractivity contribution in [2.45, 2.75) is 20.5 Å². The minimum Gasteiger partial charge on any atom is -0.506 e. The number of halogens is 2. The van der Waals surface area contributed by atoms with E-state index in [1.807, 2.05) is 6.92 Å². The number of esters is 1. The van der Waals surface area contributed by atoms with E-state index >= 15 is 0 Å². The summed E-state index contributed by atoms with van der Waals surface area (Å²) in [6.45, 7) is 3.83. The van der Waals surface area contributed by atoms with Crippen LogP contribution < -0.4 is 9.47 Å². The Kier molecular flexibility index (Phi) is 9.44. The summed E-state index contributed by atoms with van der Waals surface area (Å²) < 4.78 is 30.3. The number of ether oxygens (including phenoxy) is 3. The summed E-state index contributed by atoms with van der Waals surface area (Å²) in [7, 11) is 1.49. The highest BCUT2D eigenvalue weighted by atomic mass is 79.9. The van der Waals surface area contributed by atoms with Crippen molar-refractivity contribution in [1.29, 1.82) is 0 Å². The van der Waals surface area contributed by atoms with E-state index in [1.165, 1.54) is 19.2 Å². The van der Waals surface area contributed by atoms with Crippen LogP contribution in [0, 0.1) is 12.7 Å². The highest BCUT2D eigenvalue weighted by Gasteiger charge is 2.34. The van der Waals surface area contributed by atoms with Crippen LogP contribution in [-0.2, 0) is 16.1 Å². The SMILES string of the molecule is CCOC(=O)C1=C(O)/C(=C/c2cc(OC)c(OCc3ccc(F)cc3)cc2Br)SC1=NC(=O)c1ccc(C)cc1. The smallest absolute Gasteiger partial charge is 0.344 e. The Morgan fingerprint density at radius 1 is 1.07 bits per heavy atom. The average molecular weight is 626 g/mol. The molecule has 7 nitrogen and oxygen atoms in total. The van der Waals surface area contributed by atoms with E-state index in [-0.39, 0.29) is 35.4 Å². The zero-order valence-corrected chi connectivity index (χ0v) is 24.3. The number of hydrogen-bond acceptors (Lipinski definition) is 7. The molecule has 40 heavy (non-hydrogen) atoms. The summed E-state index contributed by atoms with van der Waals surface area (Å²) in [4.78, 5) is 30.0. The summed E-state index contributed by atoms with van der Waals surface area (Å²) in [5.41, 5.74) is 2.54.